The first-order valence-corrected chi connectivity index (χ1v) is 14.2. The molecule has 1 amide bonds. The second kappa shape index (κ2) is 12.6. The molecule has 0 bridgehead atoms. The minimum atomic E-state index is -3.95. The van der Waals surface area contributed by atoms with E-state index < -0.39 is 26.8 Å². The molecule has 0 unspecified atom stereocenters. The van der Waals surface area contributed by atoms with Gasteiger partial charge in [0.15, 0.2) is 0 Å². The number of nitrogens with two attached hydrogens (primary N) is 1. The second-order valence-electron chi connectivity index (χ2n) is 9.60. The van der Waals surface area contributed by atoms with E-state index in [2.05, 4.69) is 15.0 Å². The highest BCUT2D eigenvalue weighted by molar-refractivity contribution is 7.89. The fraction of sp³-hybridized carbons (Fsp3) is 0.357. The number of fused-ring (bicyclic) bond motifs is 1. The molecule has 1 aliphatic carbocycles. The summed E-state index contributed by atoms with van der Waals surface area (Å²) in [5.41, 5.74) is 9.16. The fourth-order valence-corrected chi connectivity index (χ4v) is 6.09. The molecular formula is C28H32F2N4O3S. The van der Waals surface area contributed by atoms with Gasteiger partial charge in [0, 0.05) is 30.9 Å². The van der Waals surface area contributed by atoms with Crippen LogP contribution in [0.15, 0.2) is 71.9 Å². The number of amides is 1. The minimum absolute atomic E-state index is 0.0486. The molecule has 3 atom stereocenters. The van der Waals surface area contributed by atoms with Gasteiger partial charge >= 0.3 is 0 Å². The van der Waals surface area contributed by atoms with Crippen molar-refractivity contribution in [2.24, 2.45) is 5.73 Å². The van der Waals surface area contributed by atoms with Gasteiger partial charge in [0.05, 0.1) is 6.04 Å². The Labute approximate surface area is 221 Å². The van der Waals surface area contributed by atoms with E-state index in [1.54, 1.807) is 24.5 Å². The summed E-state index contributed by atoms with van der Waals surface area (Å²) in [6, 6.07) is 12.9. The van der Waals surface area contributed by atoms with Crippen molar-refractivity contribution in [1.29, 1.82) is 0 Å². The monoisotopic (exact) mass is 542 g/mol. The molecule has 0 fully saturated rings. The van der Waals surface area contributed by atoms with Crippen molar-refractivity contribution in [1.82, 2.24) is 15.0 Å². The zero-order valence-electron chi connectivity index (χ0n) is 20.9. The Bertz CT molecular complexity index is 1360. The van der Waals surface area contributed by atoms with Crippen LogP contribution < -0.4 is 15.8 Å². The van der Waals surface area contributed by atoms with Gasteiger partial charge in [-0.05, 0) is 79.1 Å². The number of sulfonamides is 1. The average molecular weight is 543 g/mol. The molecule has 202 valence electrons. The molecule has 10 heteroatoms. The summed E-state index contributed by atoms with van der Waals surface area (Å²) in [5.74, 6) is -1.41. The highest BCUT2D eigenvalue weighted by atomic mass is 32.2. The Kier molecular flexibility index (Phi) is 9.19. The summed E-state index contributed by atoms with van der Waals surface area (Å²) in [5, 5.41) is 3.11. The number of aromatic nitrogens is 1. The molecule has 0 saturated heterocycles. The van der Waals surface area contributed by atoms with Gasteiger partial charge in [-0.2, -0.15) is 0 Å². The topological polar surface area (TPSA) is 114 Å². The lowest BCUT2D eigenvalue weighted by molar-refractivity contribution is -0.123. The number of nitrogens with zero attached hydrogens (tertiary/aromatic N) is 1. The summed E-state index contributed by atoms with van der Waals surface area (Å²) in [4.78, 5) is 16.8. The van der Waals surface area contributed by atoms with E-state index in [0.29, 0.717) is 38.5 Å². The lowest BCUT2D eigenvalue weighted by Gasteiger charge is -2.35. The normalized spacial score (nSPS) is 18.0. The van der Waals surface area contributed by atoms with Crippen LogP contribution in [-0.2, 0) is 27.7 Å². The zero-order valence-corrected chi connectivity index (χ0v) is 21.8. The third-order valence-electron chi connectivity index (χ3n) is 6.92. The van der Waals surface area contributed by atoms with Crippen LogP contribution in [0.4, 0.5) is 8.78 Å². The highest BCUT2D eigenvalue weighted by Crippen LogP contribution is 2.35. The van der Waals surface area contributed by atoms with Crippen molar-refractivity contribution in [2.75, 3.05) is 6.54 Å². The highest BCUT2D eigenvalue weighted by Gasteiger charge is 2.32. The Balaban J connectivity index is 1.31. The number of hydrogen-bond donors (Lipinski definition) is 3. The number of rotatable bonds is 11. The third-order valence-corrected chi connectivity index (χ3v) is 8.41. The summed E-state index contributed by atoms with van der Waals surface area (Å²) < 4.78 is 54.6. The van der Waals surface area contributed by atoms with Crippen molar-refractivity contribution in [2.45, 2.75) is 61.4 Å². The molecule has 1 heterocycles. The van der Waals surface area contributed by atoms with E-state index in [-0.39, 0.29) is 30.2 Å². The molecule has 1 aromatic heterocycles. The predicted octanol–water partition coefficient (Wildman–Crippen LogP) is 3.59. The van der Waals surface area contributed by atoms with E-state index in [0.717, 1.165) is 22.8 Å². The molecule has 4 rings (SSSR count). The van der Waals surface area contributed by atoms with Crippen LogP contribution in [0.5, 0.6) is 0 Å². The van der Waals surface area contributed by atoms with Crippen LogP contribution in [0.3, 0.4) is 0 Å². The lowest BCUT2D eigenvalue weighted by atomic mass is 9.76. The van der Waals surface area contributed by atoms with Gasteiger partial charge in [-0.15, -0.1) is 0 Å². The van der Waals surface area contributed by atoms with Crippen LogP contribution in [0.1, 0.15) is 48.3 Å². The molecule has 38 heavy (non-hydrogen) atoms. The number of nitrogens with one attached hydrogen (secondary N) is 2. The minimum Gasteiger partial charge on any atom is -0.351 e. The zero-order chi connectivity index (χ0) is 27.1. The second-order valence-corrected chi connectivity index (χ2v) is 11.3. The number of carbonyl (C=O) groups is 1. The van der Waals surface area contributed by atoms with Crippen molar-refractivity contribution >= 4 is 15.9 Å². The SMILES string of the molecule is N[C@@H](CCCCNS(=O)(=O)c1ccccc1F)C(=O)N[C@@H]1CCc2cc(F)ccc2[C@@H]1Cc1cccnc1. The number of unbranched alkanes of at least 4 members (excludes halogenated alkanes) is 1. The molecule has 1 aliphatic rings. The molecule has 0 aliphatic heterocycles. The number of benzene rings is 2. The van der Waals surface area contributed by atoms with Gasteiger partial charge in [0.1, 0.15) is 16.5 Å². The maximum absolute atomic E-state index is 13.9. The quantitative estimate of drug-likeness (QED) is 0.321. The van der Waals surface area contributed by atoms with Crippen LogP contribution in [0, 0.1) is 11.6 Å². The van der Waals surface area contributed by atoms with E-state index in [4.69, 9.17) is 5.73 Å². The van der Waals surface area contributed by atoms with Gasteiger partial charge in [0.25, 0.3) is 0 Å². The molecule has 2 aromatic carbocycles. The number of carbonyl (C=O) groups excluding carboxylic acids is 1. The van der Waals surface area contributed by atoms with E-state index in [9.17, 15) is 22.0 Å². The van der Waals surface area contributed by atoms with Crippen LogP contribution in [0.25, 0.3) is 0 Å². The maximum atomic E-state index is 13.9. The first kappa shape index (κ1) is 27.8. The predicted molar refractivity (Wildman–Crippen MR) is 141 cm³/mol. The molecule has 0 radical (unpaired) electrons. The van der Waals surface area contributed by atoms with Crippen LogP contribution >= 0.6 is 0 Å². The fourth-order valence-electron chi connectivity index (χ4n) is 4.94. The van der Waals surface area contributed by atoms with Crippen LogP contribution in [-0.4, -0.2) is 37.9 Å². The number of halogens is 2. The summed E-state index contributed by atoms with van der Waals surface area (Å²) in [6.07, 6.45) is 6.79. The Morgan fingerprint density at radius 3 is 2.68 bits per heavy atom. The van der Waals surface area contributed by atoms with E-state index >= 15 is 0 Å². The first-order valence-electron chi connectivity index (χ1n) is 12.7. The van der Waals surface area contributed by atoms with E-state index in [1.807, 2.05) is 12.1 Å². The Morgan fingerprint density at radius 1 is 1.11 bits per heavy atom. The summed E-state index contributed by atoms with van der Waals surface area (Å²) >= 11 is 0. The first-order chi connectivity index (χ1) is 18.2. The summed E-state index contributed by atoms with van der Waals surface area (Å²) in [6.45, 7) is 0.105. The Hall–Kier alpha value is -3.21. The van der Waals surface area contributed by atoms with Crippen molar-refractivity contribution < 1.29 is 22.0 Å². The molecule has 0 spiro atoms. The molecule has 0 saturated carbocycles. The standard InChI is InChI=1S/C28H32F2N4O3S/c29-21-11-12-22-20(17-21)10-13-26(23(22)16-19-6-5-14-32-18-19)34-28(35)25(31)8-3-4-15-33-38(36,37)27-9-2-1-7-24(27)30/h1-2,5-7,9,11-12,14,17-18,23,25-26,33H,3-4,8,10,13,15-16,31H2,(H,34,35)/t23-,25-,26+/m0/s1. The van der Waals surface area contributed by atoms with Gasteiger partial charge in [0.2, 0.25) is 15.9 Å². The largest absolute Gasteiger partial charge is 0.351 e. The molecule has 7 nitrogen and oxygen atoms in total. The molecule has 3 aromatic rings. The Morgan fingerprint density at radius 2 is 1.92 bits per heavy atom. The number of aryl methyl sites for hydroxylation is 1. The molecule has 4 N–H and O–H groups in total. The van der Waals surface area contributed by atoms with Crippen molar-refractivity contribution in [3.63, 3.8) is 0 Å². The maximum Gasteiger partial charge on any atom is 0.243 e. The van der Waals surface area contributed by atoms with E-state index in [1.165, 1.54) is 24.3 Å². The van der Waals surface area contributed by atoms with Crippen molar-refractivity contribution in [3.05, 3.63) is 95.3 Å². The van der Waals surface area contributed by atoms with Gasteiger partial charge in [-0.3, -0.25) is 9.78 Å². The van der Waals surface area contributed by atoms with Gasteiger partial charge in [-0.25, -0.2) is 21.9 Å². The van der Waals surface area contributed by atoms with Gasteiger partial charge < -0.3 is 11.1 Å². The summed E-state index contributed by atoms with van der Waals surface area (Å²) in [7, 11) is -3.95. The van der Waals surface area contributed by atoms with Crippen molar-refractivity contribution in [3.8, 4) is 0 Å². The smallest absolute Gasteiger partial charge is 0.243 e. The van der Waals surface area contributed by atoms with Gasteiger partial charge in [-0.1, -0.05) is 30.7 Å². The van der Waals surface area contributed by atoms with Crippen LogP contribution in [0.2, 0.25) is 0 Å². The average Bonchev–Trinajstić information content (AvgIpc) is 2.90. The number of hydrogen-bond acceptors (Lipinski definition) is 5. The number of pyridine rings is 1. The third kappa shape index (κ3) is 7.00. The molecular weight excluding hydrogens is 510 g/mol. The lowest BCUT2D eigenvalue weighted by Crippen LogP contribution is -2.49.